The molecule has 3 N–H and O–H groups in total. The number of benzene rings is 1. The van der Waals surface area contributed by atoms with Crippen molar-refractivity contribution in [2.45, 2.75) is 58.6 Å². The van der Waals surface area contributed by atoms with E-state index in [-0.39, 0.29) is 43.4 Å². The predicted molar refractivity (Wildman–Crippen MR) is 109 cm³/mol. The largest absolute Gasteiger partial charge is 0.462 e. The summed E-state index contributed by atoms with van der Waals surface area (Å²) in [7, 11) is 0. The molecule has 0 heterocycles. The van der Waals surface area contributed by atoms with Crippen LogP contribution < -0.4 is 11.1 Å². The molecule has 1 fully saturated rings. The number of amides is 1. The molecule has 0 aliphatic heterocycles. The van der Waals surface area contributed by atoms with Crippen molar-refractivity contribution in [2.24, 2.45) is 23.5 Å². The van der Waals surface area contributed by atoms with Gasteiger partial charge in [0.1, 0.15) is 6.10 Å². The lowest BCUT2D eigenvalue weighted by atomic mass is 9.75. The van der Waals surface area contributed by atoms with Crippen LogP contribution in [0.4, 0.5) is 0 Å². The number of rotatable bonds is 7. The highest BCUT2D eigenvalue weighted by molar-refractivity contribution is 5.85. The first-order valence-corrected chi connectivity index (χ1v) is 9.64. The van der Waals surface area contributed by atoms with E-state index in [1.807, 2.05) is 30.3 Å². The first kappa shape index (κ1) is 23.4. The molecule has 1 aliphatic carbocycles. The standard InChI is InChI=1S/C21H32N2O3.ClH/c1-14(2)17-10-9-15(3)11-19(17)26-21(25)12-18(23-20(24)13-22)16-7-5-4-6-8-16;/h4-8,14-15,17-19H,9-13,22H2,1-3H3,(H,23,24);1H/t15-,17+,18+,19-;/m0./s1. The smallest absolute Gasteiger partial charge is 0.308 e. The van der Waals surface area contributed by atoms with Crippen molar-refractivity contribution in [1.29, 1.82) is 0 Å². The second kappa shape index (κ2) is 11.3. The van der Waals surface area contributed by atoms with Crippen LogP contribution in [0.25, 0.3) is 0 Å². The molecule has 0 unspecified atom stereocenters. The van der Waals surface area contributed by atoms with E-state index in [2.05, 4.69) is 26.1 Å². The van der Waals surface area contributed by atoms with E-state index in [4.69, 9.17) is 10.5 Å². The Hall–Kier alpha value is -1.59. The van der Waals surface area contributed by atoms with Crippen molar-refractivity contribution in [2.75, 3.05) is 6.54 Å². The van der Waals surface area contributed by atoms with Crippen LogP contribution in [0.2, 0.25) is 0 Å². The second-order valence-corrected chi connectivity index (χ2v) is 7.79. The summed E-state index contributed by atoms with van der Waals surface area (Å²) in [6.45, 7) is 6.49. The highest BCUT2D eigenvalue weighted by Gasteiger charge is 2.34. The summed E-state index contributed by atoms with van der Waals surface area (Å²) in [6, 6.07) is 9.06. The van der Waals surface area contributed by atoms with Gasteiger partial charge in [-0.3, -0.25) is 9.59 Å². The second-order valence-electron chi connectivity index (χ2n) is 7.79. The van der Waals surface area contributed by atoms with Crippen molar-refractivity contribution in [3.8, 4) is 0 Å². The fourth-order valence-electron chi connectivity index (χ4n) is 3.82. The van der Waals surface area contributed by atoms with Crippen LogP contribution in [-0.2, 0) is 14.3 Å². The number of hydrogen-bond acceptors (Lipinski definition) is 4. The van der Waals surface area contributed by atoms with Crippen LogP contribution in [0, 0.1) is 17.8 Å². The molecule has 0 radical (unpaired) electrons. The van der Waals surface area contributed by atoms with E-state index in [9.17, 15) is 9.59 Å². The zero-order valence-corrected chi connectivity index (χ0v) is 17.3. The van der Waals surface area contributed by atoms with Crippen LogP contribution in [-0.4, -0.2) is 24.5 Å². The summed E-state index contributed by atoms with van der Waals surface area (Å²) in [5, 5.41) is 2.83. The molecule has 1 aromatic rings. The van der Waals surface area contributed by atoms with Crippen LogP contribution in [0.15, 0.2) is 30.3 Å². The van der Waals surface area contributed by atoms with Crippen molar-refractivity contribution < 1.29 is 14.3 Å². The Labute approximate surface area is 168 Å². The van der Waals surface area contributed by atoms with E-state index in [1.54, 1.807) is 0 Å². The third-order valence-electron chi connectivity index (χ3n) is 5.34. The minimum Gasteiger partial charge on any atom is -0.462 e. The molecule has 4 atom stereocenters. The molecular formula is C21H33ClN2O3. The van der Waals surface area contributed by atoms with Crippen molar-refractivity contribution in [3.05, 3.63) is 35.9 Å². The molecule has 152 valence electrons. The van der Waals surface area contributed by atoms with Crippen molar-refractivity contribution in [3.63, 3.8) is 0 Å². The van der Waals surface area contributed by atoms with E-state index >= 15 is 0 Å². The van der Waals surface area contributed by atoms with E-state index < -0.39 is 6.04 Å². The van der Waals surface area contributed by atoms with Gasteiger partial charge in [0.05, 0.1) is 19.0 Å². The summed E-state index contributed by atoms with van der Waals surface area (Å²) in [4.78, 5) is 24.4. The van der Waals surface area contributed by atoms with Gasteiger partial charge in [-0.2, -0.15) is 0 Å². The Morgan fingerprint density at radius 1 is 1.22 bits per heavy atom. The average molecular weight is 397 g/mol. The first-order valence-electron chi connectivity index (χ1n) is 9.64. The number of carbonyl (C=O) groups excluding carboxylic acids is 2. The monoisotopic (exact) mass is 396 g/mol. The molecule has 0 saturated heterocycles. The number of esters is 1. The molecule has 1 aromatic carbocycles. The summed E-state index contributed by atoms with van der Waals surface area (Å²) in [5.74, 6) is 0.926. The molecule has 0 bridgehead atoms. The van der Waals surface area contributed by atoms with Crippen LogP contribution in [0.3, 0.4) is 0 Å². The molecule has 1 amide bonds. The Bertz CT molecular complexity index is 594. The summed E-state index contributed by atoms with van der Waals surface area (Å²) in [6.07, 6.45) is 3.29. The van der Waals surface area contributed by atoms with Crippen LogP contribution >= 0.6 is 12.4 Å². The van der Waals surface area contributed by atoms with Gasteiger partial charge in [-0.05, 0) is 36.2 Å². The number of nitrogens with two attached hydrogens (primary N) is 1. The van der Waals surface area contributed by atoms with Gasteiger partial charge in [0.2, 0.25) is 5.91 Å². The van der Waals surface area contributed by atoms with Crippen molar-refractivity contribution in [1.82, 2.24) is 5.32 Å². The van der Waals surface area contributed by atoms with Gasteiger partial charge in [-0.25, -0.2) is 0 Å². The minimum absolute atomic E-state index is 0. The first-order chi connectivity index (χ1) is 12.4. The Morgan fingerprint density at radius 2 is 1.89 bits per heavy atom. The molecule has 27 heavy (non-hydrogen) atoms. The third kappa shape index (κ3) is 7.15. The molecule has 1 saturated carbocycles. The van der Waals surface area contributed by atoms with E-state index in [0.29, 0.717) is 17.8 Å². The average Bonchev–Trinajstić information content (AvgIpc) is 2.61. The maximum atomic E-state index is 12.6. The number of carbonyl (C=O) groups is 2. The summed E-state index contributed by atoms with van der Waals surface area (Å²) < 4.78 is 5.88. The third-order valence-corrected chi connectivity index (χ3v) is 5.34. The van der Waals surface area contributed by atoms with Gasteiger partial charge in [0.15, 0.2) is 0 Å². The molecule has 2 rings (SSSR count). The highest BCUT2D eigenvalue weighted by Crippen LogP contribution is 2.35. The Kier molecular flexibility index (Phi) is 9.81. The molecular weight excluding hydrogens is 364 g/mol. The quantitative estimate of drug-likeness (QED) is 0.689. The number of ether oxygens (including phenoxy) is 1. The lowest BCUT2D eigenvalue weighted by molar-refractivity contribution is -0.156. The van der Waals surface area contributed by atoms with Gasteiger partial charge in [0, 0.05) is 0 Å². The summed E-state index contributed by atoms with van der Waals surface area (Å²) >= 11 is 0. The lowest BCUT2D eigenvalue weighted by Gasteiger charge is -2.37. The van der Waals surface area contributed by atoms with E-state index in [1.165, 1.54) is 6.42 Å². The fourth-order valence-corrected chi connectivity index (χ4v) is 3.82. The number of halogens is 1. The molecule has 0 spiro atoms. The normalized spacial score (nSPS) is 23.2. The maximum absolute atomic E-state index is 12.6. The Balaban J connectivity index is 0.00000364. The van der Waals surface area contributed by atoms with Gasteiger partial charge in [-0.15, -0.1) is 12.4 Å². The zero-order chi connectivity index (χ0) is 19.1. The fraction of sp³-hybridized carbons (Fsp3) is 0.619. The van der Waals surface area contributed by atoms with Crippen LogP contribution in [0.1, 0.15) is 58.1 Å². The molecule has 0 aromatic heterocycles. The van der Waals surface area contributed by atoms with Gasteiger partial charge in [-0.1, -0.05) is 57.5 Å². The Morgan fingerprint density at radius 3 is 2.48 bits per heavy atom. The van der Waals surface area contributed by atoms with Gasteiger partial charge in [0.25, 0.3) is 0 Å². The topological polar surface area (TPSA) is 81.4 Å². The SMILES string of the molecule is CC(C)[C@H]1CC[C@H](C)C[C@@H]1OC(=O)C[C@@H](NC(=O)CN)c1ccccc1.Cl. The lowest BCUT2D eigenvalue weighted by Crippen LogP contribution is -2.38. The summed E-state index contributed by atoms with van der Waals surface area (Å²) in [5.41, 5.74) is 6.30. The number of nitrogens with one attached hydrogen (secondary N) is 1. The maximum Gasteiger partial charge on any atom is 0.308 e. The highest BCUT2D eigenvalue weighted by atomic mass is 35.5. The van der Waals surface area contributed by atoms with Gasteiger partial charge < -0.3 is 15.8 Å². The zero-order valence-electron chi connectivity index (χ0n) is 16.5. The molecule has 6 heteroatoms. The van der Waals surface area contributed by atoms with Gasteiger partial charge >= 0.3 is 5.97 Å². The molecule has 5 nitrogen and oxygen atoms in total. The van der Waals surface area contributed by atoms with E-state index in [0.717, 1.165) is 18.4 Å². The number of hydrogen-bond donors (Lipinski definition) is 2. The molecule has 1 aliphatic rings. The van der Waals surface area contributed by atoms with Crippen LogP contribution in [0.5, 0.6) is 0 Å². The minimum atomic E-state index is -0.418. The predicted octanol–water partition coefficient (Wildman–Crippen LogP) is 3.62. The van der Waals surface area contributed by atoms with Crippen molar-refractivity contribution >= 4 is 24.3 Å².